The lowest BCUT2D eigenvalue weighted by atomic mass is 9.84. The molecule has 24 heavy (non-hydrogen) atoms. The van der Waals surface area contributed by atoms with Gasteiger partial charge in [-0.2, -0.15) is 5.10 Å². The van der Waals surface area contributed by atoms with E-state index in [4.69, 9.17) is 11.6 Å². The minimum Gasteiger partial charge on any atom is -0.356 e. The lowest BCUT2D eigenvalue weighted by Crippen LogP contribution is -2.44. The molecule has 2 rings (SSSR count). The fourth-order valence-electron chi connectivity index (χ4n) is 2.38. The summed E-state index contributed by atoms with van der Waals surface area (Å²) >= 11 is 6.18. The van der Waals surface area contributed by atoms with E-state index < -0.39 is 0 Å². The molecule has 0 saturated carbocycles. The van der Waals surface area contributed by atoms with Crippen molar-refractivity contribution in [2.24, 2.45) is 4.99 Å². The van der Waals surface area contributed by atoms with Gasteiger partial charge in [0.05, 0.1) is 6.54 Å². The number of rotatable bonds is 6. The summed E-state index contributed by atoms with van der Waals surface area (Å²) in [6.45, 7) is 6.17. The average molecular weight is 352 g/mol. The molecule has 0 aliphatic rings. The van der Waals surface area contributed by atoms with E-state index in [1.807, 2.05) is 16.9 Å². The smallest absolute Gasteiger partial charge is 0.191 e. The molecule has 1 aromatic heterocycles. The maximum atomic E-state index is 13.2. The van der Waals surface area contributed by atoms with Gasteiger partial charge in [0.2, 0.25) is 0 Å². The summed E-state index contributed by atoms with van der Waals surface area (Å²) in [7, 11) is 1.72. The second-order valence-electron chi connectivity index (χ2n) is 6.13. The molecule has 0 saturated heterocycles. The number of benzene rings is 1. The molecular formula is C17H23ClFN5. The molecule has 1 aromatic carbocycles. The van der Waals surface area contributed by atoms with Gasteiger partial charge < -0.3 is 10.6 Å². The minimum absolute atomic E-state index is 0.273. The molecule has 0 amide bonds. The summed E-state index contributed by atoms with van der Waals surface area (Å²) in [5.41, 5.74) is 0.620. The Morgan fingerprint density at radius 3 is 2.79 bits per heavy atom. The van der Waals surface area contributed by atoms with Crippen LogP contribution in [0.5, 0.6) is 0 Å². The average Bonchev–Trinajstić information content (AvgIpc) is 3.03. The van der Waals surface area contributed by atoms with Gasteiger partial charge in [-0.15, -0.1) is 0 Å². The summed E-state index contributed by atoms with van der Waals surface area (Å²) in [5.74, 6) is 0.372. The Hall–Kier alpha value is -2.08. The van der Waals surface area contributed by atoms with E-state index in [0.29, 0.717) is 24.1 Å². The predicted octanol–water partition coefficient (Wildman–Crippen LogP) is 2.82. The van der Waals surface area contributed by atoms with Crippen molar-refractivity contribution in [2.45, 2.75) is 25.8 Å². The normalized spacial score (nSPS) is 12.3. The van der Waals surface area contributed by atoms with E-state index in [9.17, 15) is 4.39 Å². The fourth-order valence-corrected chi connectivity index (χ4v) is 2.80. The monoisotopic (exact) mass is 351 g/mol. The van der Waals surface area contributed by atoms with E-state index in [0.717, 1.165) is 12.1 Å². The number of hydrogen-bond acceptors (Lipinski definition) is 2. The van der Waals surface area contributed by atoms with E-state index >= 15 is 0 Å². The molecule has 7 heteroatoms. The molecule has 5 nitrogen and oxygen atoms in total. The molecule has 2 N–H and O–H groups in total. The lowest BCUT2D eigenvalue weighted by molar-refractivity contribution is 0.505. The molecule has 130 valence electrons. The van der Waals surface area contributed by atoms with Crippen LogP contribution in [0.4, 0.5) is 4.39 Å². The summed E-state index contributed by atoms with van der Waals surface area (Å²) in [6, 6.07) is 6.39. The second-order valence-corrected chi connectivity index (χ2v) is 6.54. The van der Waals surface area contributed by atoms with Crippen LogP contribution in [-0.2, 0) is 12.0 Å². The van der Waals surface area contributed by atoms with Gasteiger partial charge in [0.15, 0.2) is 5.96 Å². The van der Waals surface area contributed by atoms with E-state index in [1.54, 1.807) is 19.3 Å². The molecule has 0 fully saturated rings. The largest absolute Gasteiger partial charge is 0.356 e. The molecule has 0 unspecified atom stereocenters. The molecule has 0 aliphatic carbocycles. The van der Waals surface area contributed by atoms with Crippen molar-refractivity contribution in [3.05, 3.63) is 53.1 Å². The summed E-state index contributed by atoms with van der Waals surface area (Å²) in [5, 5.41) is 11.1. The van der Waals surface area contributed by atoms with E-state index in [-0.39, 0.29) is 11.2 Å². The van der Waals surface area contributed by atoms with Crippen LogP contribution in [0.1, 0.15) is 19.4 Å². The van der Waals surface area contributed by atoms with E-state index in [2.05, 4.69) is 34.6 Å². The Balaban J connectivity index is 1.89. The highest BCUT2D eigenvalue weighted by Gasteiger charge is 2.24. The maximum Gasteiger partial charge on any atom is 0.191 e. The quantitative estimate of drug-likeness (QED) is 0.621. The first-order valence-electron chi connectivity index (χ1n) is 7.80. The van der Waals surface area contributed by atoms with E-state index in [1.165, 1.54) is 12.1 Å². The first-order valence-corrected chi connectivity index (χ1v) is 8.17. The Morgan fingerprint density at radius 1 is 1.38 bits per heavy atom. The van der Waals surface area contributed by atoms with Gasteiger partial charge in [-0.25, -0.2) is 4.39 Å². The molecule has 0 bridgehead atoms. The van der Waals surface area contributed by atoms with Crippen molar-refractivity contribution in [2.75, 3.05) is 20.1 Å². The zero-order chi connectivity index (χ0) is 17.6. The Bertz CT molecular complexity index is 682. The van der Waals surface area contributed by atoms with Crippen LogP contribution in [0.2, 0.25) is 5.02 Å². The first kappa shape index (κ1) is 18.3. The van der Waals surface area contributed by atoms with Crippen LogP contribution in [0.3, 0.4) is 0 Å². The topological polar surface area (TPSA) is 54.2 Å². The number of aromatic nitrogens is 2. The Kier molecular flexibility index (Phi) is 6.20. The van der Waals surface area contributed by atoms with Crippen molar-refractivity contribution >= 4 is 17.6 Å². The van der Waals surface area contributed by atoms with Crippen LogP contribution >= 0.6 is 11.6 Å². The number of nitrogens with one attached hydrogen (secondary N) is 2. The summed E-state index contributed by atoms with van der Waals surface area (Å²) in [6.07, 6.45) is 3.67. The third-order valence-electron chi connectivity index (χ3n) is 3.77. The molecule has 0 aliphatic heterocycles. The number of nitrogens with zero attached hydrogens (tertiary/aromatic N) is 3. The molecule has 2 aromatic rings. The molecule has 0 atom stereocenters. The van der Waals surface area contributed by atoms with Crippen LogP contribution < -0.4 is 10.6 Å². The molecule has 0 spiro atoms. The molecule has 0 radical (unpaired) electrons. The molecule has 1 heterocycles. The Morgan fingerprint density at radius 2 is 2.17 bits per heavy atom. The van der Waals surface area contributed by atoms with Gasteiger partial charge in [0.1, 0.15) is 5.82 Å². The third kappa shape index (κ3) is 4.96. The van der Waals surface area contributed by atoms with Crippen LogP contribution in [0.25, 0.3) is 0 Å². The Labute approximate surface area is 146 Å². The van der Waals surface area contributed by atoms with Crippen molar-refractivity contribution in [3.8, 4) is 0 Å². The number of aliphatic imine (C=N–C) groups is 1. The van der Waals surface area contributed by atoms with Gasteiger partial charge in [-0.1, -0.05) is 31.5 Å². The van der Waals surface area contributed by atoms with Gasteiger partial charge >= 0.3 is 0 Å². The lowest BCUT2D eigenvalue weighted by Gasteiger charge is -2.27. The van der Waals surface area contributed by atoms with Gasteiger partial charge in [0.25, 0.3) is 0 Å². The highest BCUT2D eigenvalue weighted by atomic mass is 35.5. The maximum absolute atomic E-state index is 13.2. The number of halogens is 2. The highest BCUT2D eigenvalue weighted by molar-refractivity contribution is 6.31. The summed E-state index contributed by atoms with van der Waals surface area (Å²) < 4.78 is 15.1. The van der Waals surface area contributed by atoms with Crippen LogP contribution in [-0.4, -0.2) is 35.9 Å². The second kappa shape index (κ2) is 8.15. The third-order valence-corrected chi connectivity index (χ3v) is 4.09. The van der Waals surface area contributed by atoms with Gasteiger partial charge in [0, 0.05) is 43.0 Å². The number of hydrogen-bond donors (Lipinski definition) is 2. The van der Waals surface area contributed by atoms with Crippen molar-refractivity contribution in [1.82, 2.24) is 20.4 Å². The minimum atomic E-state index is -0.330. The zero-order valence-corrected chi connectivity index (χ0v) is 14.9. The van der Waals surface area contributed by atoms with Crippen molar-refractivity contribution in [1.29, 1.82) is 0 Å². The fraction of sp³-hybridized carbons (Fsp3) is 0.412. The highest BCUT2D eigenvalue weighted by Crippen LogP contribution is 2.29. The first-order chi connectivity index (χ1) is 11.4. The van der Waals surface area contributed by atoms with Gasteiger partial charge in [-0.05, 0) is 23.8 Å². The van der Waals surface area contributed by atoms with Gasteiger partial charge in [-0.3, -0.25) is 9.67 Å². The van der Waals surface area contributed by atoms with Crippen LogP contribution in [0, 0.1) is 5.82 Å². The summed E-state index contributed by atoms with van der Waals surface area (Å²) in [4.78, 5) is 4.21. The standard InChI is InChI=1S/C17H23ClFN5/c1-17(2,14-6-5-13(19)11-15(14)18)12-22-16(20-3)21-8-10-24-9-4-7-23-24/h4-7,9,11H,8,10,12H2,1-3H3,(H2,20,21,22). The zero-order valence-electron chi connectivity index (χ0n) is 14.2. The van der Waals surface area contributed by atoms with Crippen molar-refractivity contribution in [3.63, 3.8) is 0 Å². The molecular weight excluding hydrogens is 329 g/mol. The SMILES string of the molecule is CN=C(NCCn1cccn1)NCC(C)(C)c1ccc(F)cc1Cl. The van der Waals surface area contributed by atoms with Crippen LogP contribution in [0.15, 0.2) is 41.7 Å². The number of guanidine groups is 1. The van der Waals surface area contributed by atoms with Crippen molar-refractivity contribution < 1.29 is 4.39 Å². The predicted molar refractivity (Wildman–Crippen MR) is 96.0 cm³/mol.